The van der Waals surface area contributed by atoms with Crippen LogP contribution in [0.15, 0.2) is 29.2 Å². The summed E-state index contributed by atoms with van der Waals surface area (Å²) in [6, 6.07) is 6.94. The molecule has 3 atom stereocenters. The molecule has 0 aromatic heterocycles. The summed E-state index contributed by atoms with van der Waals surface area (Å²) in [6.45, 7) is 6.43. The third-order valence-electron chi connectivity index (χ3n) is 4.51. The van der Waals surface area contributed by atoms with Gasteiger partial charge in [-0.2, -0.15) is 4.31 Å². The lowest BCUT2D eigenvalue weighted by Gasteiger charge is -2.26. The SMILES string of the molecule is CC[C@]12O[C@H]1CN(S(=O)(=O)c1ccc(C)cc1)[C@H]2C. The lowest BCUT2D eigenvalue weighted by Crippen LogP contribution is -2.41. The molecule has 3 rings (SSSR count). The minimum absolute atomic E-state index is 0.0766. The van der Waals surface area contributed by atoms with E-state index in [2.05, 4.69) is 6.92 Å². The number of nitrogens with zero attached hydrogens (tertiary/aromatic N) is 1. The lowest BCUT2D eigenvalue weighted by molar-refractivity contribution is 0.161. The third kappa shape index (κ3) is 1.75. The quantitative estimate of drug-likeness (QED) is 0.796. The fraction of sp³-hybridized carbons (Fsp3) is 0.571. The molecule has 0 radical (unpaired) electrons. The van der Waals surface area contributed by atoms with Gasteiger partial charge in [0.1, 0.15) is 11.7 Å². The molecule has 0 amide bonds. The van der Waals surface area contributed by atoms with Crippen molar-refractivity contribution in [1.82, 2.24) is 4.31 Å². The Hall–Kier alpha value is -0.910. The normalized spacial score (nSPS) is 34.3. The molecule has 0 bridgehead atoms. The lowest BCUT2D eigenvalue weighted by atomic mass is 9.99. The van der Waals surface area contributed by atoms with Gasteiger partial charge in [0, 0.05) is 6.54 Å². The van der Waals surface area contributed by atoms with Gasteiger partial charge in [-0.25, -0.2) is 8.42 Å². The van der Waals surface area contributed by atoms with Gasteiger partial charge in [-0.05, 0) is 32.4 Å². The van der Waals surface area contributed by atoms with Crippen LogP contribution >= 0.6 is 0 Å². The first-order chi connectivity index (χ1) is 8.91. The van der Waals surface area contributed by atoms with E-state index in [0.717, 1.165) is 12.0 Å². The van der Waals surface area contributed by atoms with Crippen molar-refractivity contribution in [3.63, 3.8) is 0 Å². The smallest absolute Gasteiger partial charge is 0.243 e. The van der Waals surface area contributed by atoms with E-state index < -0.39 is 10.0 Å². The first kappa shape index (κ1) is 13.1. The molecule has 1 aromatic carbocycles. The molecule has 0 unspecified atom stereocenters. The molecule has 5 heteroatoms. The zero-order chi connectivity index (χ0) is 13.8. The van der Waals surface area contributed by atoms with Gasteiger partial charge < -0.3 is 4.74 Å². The number of hydrogen-bond donors (Lipinski definition) is 0. The third-order valence-corrected chi connectivity index (χ3v) is 6.47. The van der Waals surface area contributed by atoms with Gasteiger partial charge in [-0.3, -0.25) is 0 Å². The van der Waals surface area contributed by atoms with Crippen LogP contribution in [-0.4, -0.2) is 37.0 Å². The Labute approximate surface area is 114 Å². The molecular weight excluding hydrogens is 262 g/mol. The highest BCUT2D eigenvalue weighted by Gasteiger charge is 2.67. The van der Waals surface area contributed by atoms with E-state index >= 15 is 0 Å². The molecule has 0 aliphatic carbocycles. The Morgan fingerprint density at radius 2 is 2.00 bits per heavy atom. The Balaban J connectivity index is 1.92. The molecule has 0 N–H and O–H groups in total. The molecule has 2 aliphatic heterocycles. The average molecular weight is 281 g/mol. The largest absolute Gasteiger partial charge is 0.363 e. The Kier molecular flexibility index (Phi) is 2.78. The first-order valence-electron chi connectivity index (χ1n) is 6.68. The second-order valence-electron chi connectivity index (χ2n) is 5.48. The number of rotatable bonds is 3. The van der Waals surface area contributed by atoms with Gasteiger partial charge in [0.2, 0.25) is 10.0 Å². The predicted octanol–water partition coefficient (Wildman–Crippen LogP) is 1.94. The van der Waals surface area contributed by atoms with Crippen LogP contribution in [0.5, 0.6) is 0 Å². The Bertz CT molecular complexity index is 592. The standard InChI is InChI=1S/C14H19NO3S/c1-4-14-11(3)15(9-13(14)18-14)19(16,17)12-7-5-10(2)6-8-12/h5-8,11,13H,4,9H2,1-3H3/t11-,13-,14+/m0/s1. The number of fused-ring (bicyclic) bond motifs is 1. The molecule has 4 nitrogen and oxygen atoms in total. The fourth-order valence-corrected chi connectivity index (χ4v) is 4.79. The molecule has 19 heavy (non-hydrogen) atoms. The number of morpholine rings is 1. The average Bonchev–Trinajstić information content (AvgIpc) is 3.03. The minimum atomic E-state index is -3.40. The molecule has 2 aliphatic rings. The van der Waals surface area contributed by atoms with Gasteiger partial charge >= 0.3 is 0 Å². The summed E-state index contributed by atoms with van der Waals surface area (Å²) in [5.74, 6) is 0. The number of epoxide rings is 1. The van der Waals surface area contributed by atoms with Crippen LogP contribution in [0.1, 0.15) is 25.8 Å². The monoisotopic (exact) mass is 281 g/mol. The van der Waals surface area contributed by atoms with Gasteiger partial charge in [-0.1, -0.05) is 24.6 Å². The fourth-order valence-electron chi connectivity index (χ4n) is 3.11. The van der Waals surface area contributed by atoms with E-state index in [1.165, 1.54) is 0 Å². The summed E-state index contributed by atoms with van der Waals surface area (Å²) in [4.78, 5) is 0.373. The van der Waals surface area contributed by atoms with Crippen molar-refractivity contribution in [3.8, 4) is 0 Å². The van der Waals surface area contributed by atoms with Crippen LogP contribution in [-0.2, 0) is 14.8 Å². The van der Waals surface area contributed by atoms with Crippen molar-refractivity contribution >= 4 is 10.0 Å². The summed E-state index contributed by atoms with van der Waals surface area (Å²) < 4.78 is 32.6. The van der Waals surface area contributed by atoms with Crippen LogP contribution in [0.4, 0.5) is 0 Å². The van der Waals surface area contributed by atoms with Crippen molar-refractivity contribution in [1.29, 1.82) is 0 Å². The Morgan fingerprint density at radius 1 is 1.37 bits per heavy atom. The van der Waals surface area contributed by atoms with Crippen molar-refractivity contribution in [2.24, 2.45) is 0 Å². The van der Waals surface area contributed by atoms with Crippen molar-refractivity contribution in [2.75, 3.05) is 6.54 Å². The zero-order valence-electron chi connectivity index (χ0n) is 11.5. The molecule has 2 fully saturated rings. The van der Waals surface area contributed by atoms with E-state index in [1.54, 1.807) is 16.4 Å². The number of hydrogen-bond acceptors (Lipinski definition) is 3. The second kappa shape index (κ2) is 4.04. The van der Waals surface area contributed by atoms with Crippen LogP contribution in [0.25, 0.3) is 0 Å². The highest BCUT2D eigenvalue weighted by molar-refractivity contribution is 7.89. The van der Waals surface area contributed by atoms with Gasteiger partial charge in [0.25, 0.3) is 0 Å². The molecule has 2 heterocycles. The van der Waals surface area contributed by atoms with Gasteiger partial charge in [0.05, 0.1) is 10.9 Å². The van der Waals surface area contributed by atoms with Crippen molar-refractivity contribution in [3.05, 3.63) is 29.8 Å². The van der Waals surface area contributed by atoms with Crippen LogP contribution in [0.2, 0.25) is 0 Å². The van der Waals surface area contributed by atoms with Gasteiger partial charge in [-0.15, -0.1) is 0 Å². The molecule has 2 saturated heterocycles. The first-order valence-corrected chi connectivity index (χ1v) is 8.12. The molecule has 1 aromatic rings. The molecular formula is C14H19NO3S. The number of benzene rings is 1. The summed E-state index contributed by atoms with van der Waals surface area (Å²) in [7, 11) is -3.40. The highest BCUT2D eigenvalue weighted by Crippen LogP contribution is 2.51. The topological polar surface area (TPSA) is 49.9 Å². The maximum absolute atomic E-state index is 12.7. The summed E-state index contributed by atoms with van der Waals surface area (Å²) >= 11 is 0. The maximum Gasteiger partial charge on any atom is 0.243 e. The minimum Gasteiger partial charge on any atom is -0.363 e. The predicted molar refractivity (Wildman–Crippen MR) is 72.4 cm³/mol. The summed E-state index contributed by atoms with van der Waals surface area (Å²) in [5, 5.41) is 0. The van der Waals surface area contributed by atoms with Crippen molar-refractivity contribution < 1.29 is 13.2 Å². The van der Waals surface area contributed by atoms with Gasteiger partial charge in [0.15, 0.2) is 0 Å². The second-order valence-corrected chi connectivity index (χ2v) is 7.37. The van der Waals surface area contributed by atoms with Crippen LogP contribution < -0.4 is 0 Å². The number of aryl methyl sites for hydroxylation is 1. The van der Waals surface area contributed by atoms with E-state index in [0.29, 0.717) is 11.4 Å². The number of sulfonamides is 1. The summed E-state index contributed by atoms with van der Waals surface area (Å²) in [5.41, 5.74) is 0.822. The van der Waals surface area contributed by atoms with E-state index in [9.17, 15) is 8.42 Å². The van der Waals surface area contributed by atoms with Crippen LogP contribution in [0.3, 0.4) is 0 Å². The maximum atomic E-state index is 12.7. The van der Waals surface area contributed by atoms with E-state index in [-0.39, 0.29) is 17.7 Å². The summed E-state index contributed by atoms with van der Waals surface area (Å²) in [6.07, 6.45) is 0.936. The molecule has 0 spiro atoms. The van der Waals surface area contributed by atoms with Crippen molar-refractivity contribution in [2.45, 2.75) is 49.8 Å². The zero-order valence-corrected chi connectivity index (χ0v) is 12.3. The van der Waals surface area contributed by atoms with E-state index in [4.69, 9.17) is 4.74 Å². The number of ether oxygens (including phenoxy) is 1. The highest BCUT2D eigenvalue weighted by atomic mass is 32.2. The van der Waals surface area contributed by atoms with E-state index in [1.807, 2.05) is 26.0 Å². The van der Waals surface area contributed by atoms with Crippen LogP contribution in [0, 0.1) is 6.92 Å². The Morgan fingerprint density at radius 3 is 2.53 bits per heavy atom. The molecule has 104 valence electrons. The molecule has 0 saturated carbocycles.